The zero-order chi connectivity index (χ0) is 12.3. The summed E-state index contributed by atoms with van der Waals surface area (Å²) in [5.74, 6) is 2.38. The van der Waals surface area contributed by atoms with Gasteiger partial charge in [-0.15, -0.1) is 0 Å². The van der Waals surface area contributed by atoms with Gasteiger partial charge in [0, 0.05) is 56.8 Å². The number of piperazine rings is 1. The first-order valence-corrected chi connectivity index (χ1v) is 9.04. The van der Waals surface area contributed by atoms with Crippen LogP contribution in [0.3, 0.4) is 0 Å². The van der Waals surface area contributed by atoms with Crippen LogP contribution in [-0.2, 0) is 10.0 Å². The predicted octanol–water partition coefficient (Wildman–Crippen LogP) is -0.731. The number of sulfonamides is 1. The van der Waals surface area contributed by atoms with E-state index in [1.54, 1.807) is 4.31 Å². The van der Waals surface area contributed by atoms with Gasteiger partial charge >= 0.3 is 0 Å². The molecule has 0 aromatic carbocycles. The molecule has 1 N–H and O–H groups in total. The van der Waals surface area contributed by atoms with E-state index in [2.05, 4.69) is 10.2 Å². The van der Waals surface area contributed by atoms with Crippen LogP contribution in [-0.4, -0.2) is 80.7 Å². The molecule has 2 rings (SSSR count). The average Bonchev–Trinajstić information content (AvgIpc) is 2.30. The Kier molecular flexibility index (Phi) is 4.71. The van der Waals surface area contributed by atoms with Gasteiger partial charge in [0.25, 0.3) is 0 Å². The van der Waals surface area contributed by atoms with Gasteiger partial charge in [-0.3, -0.25) is 4.90 Å². The van der Waals surface area contributed by atoms with E-state index in [1.165, 1.54) is 17.8 Å². The van der Waals surface area contributed by atoms with Crippen LogP contribution in [0.5, 0.6) is 0 Å². The lowest BCUT2D eigenvalue weighted by atomic mass is 10.2. The molecule has 0 aromatic heterocycles. The molecule has 2 saturated heterocycles. The third-order valence-electron chi connectivity index (χ3n) is 3.28. The molecule has 7 heteroatoms. The van der Waals surface area contributed by atoms with E-state index < -0.39 is 10.0 Å². The molecule has 17 heavy (non-hydrogen) atoms. The standard InChI is InChI=1S/C10H21N3O2S2/c1-17(14,15)13-5-3-12(4-6-13)8-10-9-16-7-2-11-10/h10-11H,2-9H2,1H3. The molecule has 1 atom stereocenters. The third-order valence-corrected chi connectivity index (χ3v) is 5.71. The summed E-state index contributed by atoms with van der Waals surface area (Å²) in [6.07, 6.45) is 1.29. The second-order valence-electron chi connectivity index (χ2n) is 4.69. The van der Waals surface area contributed by atoms with Crippen molar-refractivity contribution in [1.82, 2.24) is 14.5 Å². The molecule has 0 spiro atoms. The first-order valence-electron chi connectivity index (χ1n) is 6.04. The Morgan fingerprint density at radius 3 is 2.53 bits per heavy atom. The van der Waals surface area contributed by atoms with Gasteiger partial charge in [0.05, 0.1) is 6.26 Å². The maximum Gasteiger partial charge on any atom is 0.211 e. The number of thioether (sulfide) groups is 1. The Hall–Kier alpha value is 0.180. The van der Waals surface area contributed by atoms with Crippen LogP contribution in [0.25, 0.3) is 0 Å². The molecule has 2 aliphatic rings. The lowest BCUT2D eigenvalue weighted by molar-refractivity contribution is 0.176. The van der Waals surface area contributed by atoms with Gasteiger partial charge in [0.2, 0.25) is 10.0 Å². The van der Waals surface area contributed by atoms with E-state index in [9.17, 15) is 8.42 Å². The molecular weight excluding hydrogens is 258 g/mol. The van der Waals surface area contributed by atoms with Crippen molar-refractivity contribution in [3.05, 3.63) is 0 Å². The van der Waals surface area contributed by atoms with Crippen LogP contribution >= 0.6 is 11.8 Å². The molecule has 1 unspecified atom stereocenters. The molecular formula is C10H21N3O2S2. The van der Waals surface area contributed by atoms with Crippen molar-refractivity contribution in [2.24, 2.45) is 0 Å². The summed E-state index contributed by atoms with van der Waals surface area (Å²) in [4.78, 5) is 2.37. The van der Waals surface area contributed by atoms with Crippen molar-refractivity contribution in [3.8, 4) is 0 Å². The molecule has 0 aromatic rings. The van der Waals surface area contributed by atoms with Gasteiger partial charge in [0.15, 0.2) is 0 Å². The summed E-state index contributed by atoms with van der Waals surface area (Å²) in [5.41, 5.74) is 0. The molecule has 0 bridgehead atoms. The van der Waals surface area contributed by atoms with Crippen LogP contribution in [0.4, 0.5) is 0 Å². The summed E-state index contributed by atoms with van der Waals surface area (Å²) in [7, 11) is -3.00. The van der Waals surface area contributed by atoms with E-state index in [1.807, 2.05) is 11.8 Å². The fraction of sp³-hybridized carbons (Fsp3) is 1.00. The Morgan fingerprint density at radius 1 is 1.29 bits per heavy atom. The summed E-state index contributed by atoms with van der Waals surface area (Å²) in [5, 5.41) is 3.51. The minimum atomic E-state index is -3.00. The zero-order valence-electron chi connectivity index (χ0n) is 10.3. The number of nitrogens with one attached hydrogen (secondary N) is 1. The van der Waals surface area contributed by atoms with Crippen molar-refractivity contribution in [1.29, 1.82) is 0 Å². The summed E-state index contributed by atoms with van der Waals surface area (Å²) in [6, 6.07) is 0.568. The monoisotopic (exact) mass is 279 g/mol. The normalized spacial score (nSPS) is 29.4. The van der Waals surface area contributed by atoms with Crippen molar-refractivity contribution in [2.45, 2.75) is 6.04 Å². The Balaban J connectivity index is 1.75. The number of hydrogen-bond donors (Lipinski definition) is 1. The first-order chi connectivity index (χ1) is 8.05. The van der Waals surface area contributed by atoms with E-state index in [-0.39, 0.29) is 0 Å². The van der Waals surface area contributed by atoms with Crippen LogP contribution in [0, 0.1) is 0 Å². The van der Waals surface area contributed by atoms with Gasteiger partial charge in [-0.05, 0) is 0 Å². The van der Waals surface area contributed by atoms with Gasteiger partial charge in [-0.2, -0.15) is 16.1 Å². The molecule has 2 fully saturated rings. The lowest BCUT2D eigenvalue weighted by Crippen LogP contribution is -2.53. The summed E-state index contributed by atoms with van der Waals surface area (Å²) in [6.45, 7) is 5.13. The minimum absolute atomic E-state index is 0.568. The molecule has 5 nitrogen and oxygen atoms in total. The number of hydrogen-bond acceptors (Lipinski definition) is 5. The first kappa shape index (κ1) is 13.6. The molecule has 2 heterocycles. The van der Waals surface area contributed by atoms with Crippen LogP contribution in [0.2, 0.25) is 0 Å². The molecule has 0 amide bonds. The van der Waals surface area contributed by atoms with Crippen LogP contribution in [0.15, 0.2) is 0 Å². The van der Waals surface area contributed by atoms with E-state index in [0.717, 1.165) is 26.2 Å². The minimum Gasteiger partial charge on any atom is -0.311 e. The molecule has 0 saturated carbocycles. The Labute approximate surface area is 108 Å². The average molecular weight is 279 g/mol. The molecule has 0 aliphatic carbocycles. The van der Waals surface area contributed by atoms with Crippen LogP contribution in [0.1, 0.15) is 0 Å². The van der Waals surface area contributed by atoms with Crippen molar-refractivity contribution >= 4 is 21.8 Å². The lowest BCUT2D eigenvalue weighted by Gasteiger charge is -2.36. The number of nitrogens with zero attached hydrogens (tertiary/aromatic N) is 2. The molecule has 100 valence electrons. The highest BCUT2D eigenvalue weighted by molar-refractivity contribution is 7.99. The zero-order valence-corrected chi connectivity index (χ0v) is 11.9. The van der Waals surface area contributed by atoms with Gasteiger partial charge in [-0.25, -0.2) is 8.42 Å². The highest BCUT2D eigenvalue weighted by Gasteiger charge is 2.25. The van der Waals surface area contributed by atoms with E-state index in [0.29, 0.717) is 19.1 Å². The number of rotatable bonds is 3. The predicted molar refractivity (Wildman–Crippen MR) is 72.0 cm³/mol. The maximum absolute atomic E-state index is 11.4. The fourth-order valence-electron chi connectivity index (χ4n) is 2.29. The summed E-state index contributed by atoms with van der Waals surface area (Å²) < 4.78 is 24.3. The van der Waals surface area contributed by atoms with Crippen molar-refractivity contribution in [2.75, 3.05) is 57.0 Å². The maximum atomic E-state index is 11.4. The highest BCUT2D eigenvalue weighted by Crippen LogP contribution is 2.11. The highest BCUT2D eigenvalue weighted by atomic mass is 32.2. The van der Waals surface area contributed by atoms with Crippen LogP contribution < -0.4 is 5.32 Å². The third kappa shape index (κ3) is 4.10. The topological polar surface area (TPSA) is 52.7 Å². The van der Waals surface area contributed by atoms with Crippen molar-refractivity contribution < 1.29 is 8.42 Å². The Bertz CT molecular complexity index is 333. The van der Waals surface area contributed by atoms with E-state index in [4.69, 9.17) is 0 Å². The van der Waals surface area contributed by atoms with Crippen molar-refractivity contribution in [3.63, 3.8) is 0 Å². The second-order valence-corrected chi connectivity index (χ2v) is 7.82. The SMILES string of the molecule is CS(=O)(=O)N1CCN(CC2CSCCN2)CC1. The Morgan fingerprint density at radius 2 is 2.00 bits per heavy atom. The van der Waals surface area contributed by atoms with Gasteiger partial charge < -0.3 is 5.32 Å². The van der Waals surface area contributed by atoms with E-state index >= 15 is 0 Å². The molecule has 0 radical (unpaired) electrons. The van der Waals surface area contributed by atoms with Gasteiger partial charge in [0.1, 0.15) is 0 Å². The summed E-state index contributed by atoms with van der Waals surface area (Å²) >= 11 is 2.00. The quantitative estimate of drug-likeness (QED) is 0.738. The second kappa shape index (κ2) is 5.88. The van der Waals surface area contributed by atoms with Gasteiger partial charge in [-0.1, -0.05) is 0 Å². The largest absolute Gasteiger partial charge is 0.311 e. The fourth-order valence-corrected chi connectivity index (χ4v) is 4.06. The smallest absolute Gasteiger partial charge is 0.211 e. The molecule has 2 aliphatic heterocycles.